The maximum absolute atomic E-state index is 13.7. The lowest BCUT2D eigenvalue weighted by atomic mass is 9.94. The van der Waals surface area contributed by atoms with Gasteiger partial charge in [-0.25, -0.2) is 0 Å². The number of tetrazole rings is 1. The third-order valence-electron chi connectivity index (χ3n) is 5.98. The number of benzene rings is 3. The molecule has 1 aliphatic rings. The van der Waals surface area contributed by atoms with Gasteiger partial charge < -0.3 is 20.1 Å². The number of carbonyl (C=O) groups is 1. The molecule has 194 valence electrons. The van der Waals surface area contributed by atoms with Crippen molar-refractivity contribution in [3.8, 4) is 11.5 Å². The Labute approximate surface area is 229 Å². The number of nitrogens with one attached hydrogen (secondary N) is 2. The standard InChI is InChI=1S/C27H24Cl2N6O3/c1-3-37-23-10-5-4-9-22(23)31-26(36)24-16(2)30-27-32-33-34-35(27)25(24)17-7-6-8-20(13-17)38-15-18-11-12-19(28)14-21(18)29/h4-14,25H,3,15H2,1-2H3,(H,31,36)(H,30,32,34). The SMILES string of the molecule is CCOc1ccccc1NC(=O)C1=C(C)Nc2nnnn2C1c1cccc(OCc2ccc(Cl)cc2Cl)c1. The van der Waals surface area contributed by atoms with Gasteiger partial charge in [-0.15, -0.1) is 0 Å². The van der Waals surface area contributed by atoms with E-state index in [1.54, 1.807) is 22.9 Å². The minimum atomic E-state index is -0.608. The van der Waals surface area contributed by atoms with E-state index in [4.69, 9.17) is 32.7 Å². The lowest BCUT2D eigenvalue weighted by Crippen LogP contribution is -2.31. The van der Waals surface area contributed by atoms with Gasteiger partial charge in [-0.2, -0.15) is 4.68 Å². The van der Waals surface area contributed by atoms with Crippen molar-refractivity contribution >= 4 is 40.7 Å². The highest BCUT2D eigenvalue weighted by Crippen LogP contribution is 2.37. The van der Waals surface area contributed by atoms with Gasteiger partial charge >= 0.3 is 0 Å². The summed E-state index contributed by atoms with van der Waals surface area (Å²) in [6, 6.07) is 19.4. The summed E-state index contributed by atoms with van der Waals surface area (Å²) >= 11 is 12.3. The quantitative estimate of drug-likeness (QED) is 0.282. The average Bonchev–Trinajstić information content (AvgIpc) is 3.37. The highest BCUT2D eigenvalue weighted by molar-refractivity contribution is 6.35. The van der Waals surface area contributed by atoms with E-state index < -0.39 is 6.04 Å². The molecule has 3 aromatic carbocycles. The number of aromatic nitrogens is 4. The van der Waals surface area contributed by atoms with Gasteiger partial charge in [-0.05, 0) is 66.2 Å². The van der Waals surface area contributed by atoms with E-state index in [2.05, 4.69) is 26.2 Å². The molecule has 0 saturated carbocycles. The molecule has 38 heavy (non-hydrogen) atoms. The summed E-state index contributed by atoms with van der Waals surface area (Å²) < 4.78 is 13.3. The molecule has 0 bridgehead atoms. The van der Waals surface area contributed by atoms with Gasteiger partial charge in [0, 0.05) is 21.3 Å². The lowest BCUT2D eigenvalue weighted by molar-refractivity contribution is -0.113. The fourth-order valence-electron chi connectivity index (χ4n) is 4.23. The number of amides is 1. The summed E-state index contributed by atoms with van der Waals surface area (Å²) in [5.74, 6) is 1.30. The number of allylic oxidation sites excluding steroid dienone is 1. The molecule has 2 heterocycles. The van der Waals surface area contributed by atoms with Crippen molar-refractivity contribution < 1.29 is 14.3 Å². The summed E-state index contributed by atoms with van der Waals surface area (Å²) in [6.07, 6.45) is 0. The van der Waals surface area contributed by atoms with Crippen molar-refractivity contribution in [3.63, 3.8) is 0 Å². The van der Waals surface area contributed by atoms with Crippen LogP contribution in [0.3, 0.4) is 0 Å². The number of carbonyl (C=O) groups excluding carboxylic acids is 1. The van der Waals surface area contributed by atoms with Crippen molar-refractivity contribution in [1.29, 1.82) is 0 Å². The van der Waals surface area contributed by atoms with Gasteiger partial charge in [0.15, 0.2) is 0 Å². The van der Waals surface area contributed by atoms with Gasteiger partial charge in [-0.3, -0.25) is 4.79 Å². The third kappa shape index (κ3) is 5.29. The van der Waals surface area contributed by atoms with Crippen LogP contribution in [0.2, 0.25) is 10.0 Å². The summed E-state index contributed by atoms with van der Waals surface area (Å²) in [5, 5.41) is 19.2. The van der Waals surface area contributed by atoms with E-state index in [9.17, 15) is 4.79 Å². The Hall–Kier alpha value is -4.08. The number of rotatable bonds is 8. The van der Waals surface area contributed by atoms with Gasteiger partial charge in [0.05, 0.1) is 17.9 Å². The third-order valence-corrected chi connectivity index (χ3v) is 6.56. The molecule has 0 fully saturated rings. The molecule has 1 unspecified atom stereocenters. The monoisotopic (exact) mass is 550 g/mol. The Morgan fingerprint density at radius 1 is 1.08 bits per heavy atom. The molecule has 1 aromatic heterocycles. The van der Waals surface area contributed by atoms with Crippen LogP contribution in [0.4, 0.5) is 11.6 Å². The first-order chi connectivity index (χ1) is 18.4. The van der Waals surface area contributed by atoms with Crippen LogP contribution in [-0.4, -0.2) is 32.7 Å². The molecular formula is C27H24Cl2N6O3. The van der Waals surface area contributed by atoms with E-state index in [1.807, 2.05) is 62.4 Å². The van der Waals surface area contributed by atoms with Crippen LogP contribution in [-0.2, 0) is 11.4 Å². The molecule has 1 atom stereocenters. The molecule has 1 amide bonds. The topological polar surface area (TPSA) is 103 Å². The molecule has 1 aliphatic heterocycles. The zero-order valence-corrected chi connectivity index (χ0v) is 22.1. The van der Waals surface area contributed by atoms with Crippen LogP contribution in [0.1, 0.15) is 31.0 Å². The molecule has 0 radical (unpaired) electrons. The van der Waals surface area contributed by atoms with Crippen LogP contribution in [0.5, 0.6) is 11.5 Å². The summed E-state index contributed by atoms with van der Waals surface area (Å²) in [6.45, 7) is 4.43. The van der Waals surface area contributed by atoms with Gasteiger partial charge in [0.25, 0.3) is 5.91 Å². The van der Waals surface area contributed by atoms with Crippen LogP contribution in [0.15, 0.2) is 78.0 Å². The zero-order valence-electron chi connectivity index (χ0n) is 20.6. The van der Waals surface area contributed by atoms with E-state index in [0.29, 0.717) is 51.1 Å². The average molecular weight is 551 g/mol. The molecule has 5 rings (SSSR count). The molecule has 2 N–H and O–H groups in total. The number of halogens is 2. The van der Waals surface area contributed by atoms with Gasteiger partial charge in [0.2, 0.25) is 5.95 Å². The maximum Gasteiger partial charge on any atom is 0.255 e. The van der Waals surface area contributed by atoms with Crippen molar-refractivity contribution in [2.45, 2.75) is 26.5 Å². The number of fused-ring (bicyclic) bond motifs is 1. The van der Waals surface area contributed by atoms with Crippen LogP contribution >= 0.6 is 23.2 Å². The number of hydrogen-bond acceptors (Lipinski definition) is 7. The van der Waals surface area contributed by atoms with E-state index >= 15 is 0 Å². The minimum absolute atomic E-state index is 0.248. The second-order valence-corrected chi connectivity index (χ2v) is 9.34. The van der Waals surface area contributed by atoms with Crippen molar-refractivity contribution in [1.82, 2.24) is 20.2 Å². The summed E-state index contributed by atoms with van der Waals surface area (Å²) in [5.41, 5.74) is 3.21. The number of anilines is 2. The predicted molar refractivity (Wildman–Crippen MR) is 146 cm³/mol. The Bertz CT molecular complexity index is 1520. The highest BCUT2D eigenvalue weighted by atomic mass is 35.5. The second kappa shape index (κ2) is 11.1. The predicted octanol–water partition coefficient (Wildman–Crippen LogP) is 5.89. The highest BCUT2D eigenvalue weighted by Gasteiger charge is 2.34. The van der Waals surface area contributed by atoms with E-state index in [0.717, 1.165) is 11.1 Å². The lowest BCUT2D eigenvalue weighted by Gasteiger charge is -2.28. The molecule has 4 aromatic rings. The molecular weight excluding hydrogens is 527 g/mol. The number of hydrogen-bond donors (Lipinski definition) is 2. The van der Waals surface area contributed by atoms with Crippen molar-refractivity contribution in [2.75, 3.05) is 17.2 Å². The minimum Gasteiger partial charge on any atom is -0.492 e. The fourth-order valence-corrected chi connectivity index (χ4v) is 4.69. The first kappa shape index (κ1) is 25.6. The Kier molecular flexibility index (Phi) is 7.48. The van der Waals surface area contributed by atoms with Crippen LogP contribution < -0.4 is 20.1 Å². The first-order valence-electron chi connectivity index (χ1n) is 11.9. The second-order valence-electron chi connectivity index (χ2n) is 8.49. The van der Waals surface area contributed by atoms with Crippen LogP contribution in [0.25, 0.3) is 0 Å². The molecule has 9 nitrogen and oxygen atoms in total. The number of para-hydroxylation sites is 2. The fraction of sp³-hybridized carbons (Fsp3) is 0.185. The molecule has 0 spiro atoms. The first-order valence-corrected chi connectivity index (χ1v) is 12.7. The van der Waals surface area contributed by atoms with Crippen molar-refractivity contribution in [3.05, 3.63) is 99.2 Å². The van der Waals surface area contributed by atoms with Crippen molar-refractivity contribution in [2.24, 2.45) is 0 Å². The largest absolute Gasteiger partial charge is 0.492 e. The smallest absolute Gasteiger partial charge is 0.255 e. The number of ether oxygens (including phenoxy) is 2. The van der Waals surface area contributed by atoms with Gasteiger partial charge in [-0.1, -0.05) is 58.6 Å². The Morgan fingerprint density at radius 2 is 1.92 bits per heavy atom. The normalized spacial score (nSPS) is 14.5. The molecule has 0 saturated heterocycles. The zero-order chi connectivity index (χ0) is 26.6. The van der Waals surface area contributed by atoms with Crippen LogP contribution in [0, 0.1) is 0 Å². The Morgan fingerprint density at radius 3 is 2.74 bits per heavy atom. The summed E-state index contributed by atoms with van der Waals surface area (Å²) in [7, 11) is 0. The Balaban J connectivity index is 1.46. The molecule has 11 heteroatoms. The molecule has 0 aliphatic carbocycles. The maximum atomic E-state index is 13.7. The van der Waals surface area contributed by atoms with Gasteiger partial charge in [0.1, 0.15) is 24.1 Å². The van der Waals surface area contributed by atoms with E-state index in [1.165, 1.54) is 0 Å². The number of nitrogens with zero attached hydrogens (tertiary/aromatic N) is 4. The van der Waals surface area contributed by atoms with E-state index in [-0.39, 0.29) is 12.5 Å². The summed E-state index contributed by atoms with van der Waals surface area (Å²) in [4.78, 5) is 13.7.